The number of halogens is 1. The number of nitriles is 1. The first-order valence-corrected chi connectivity index (χ1v) is 15.5. The fourth-order valence-electron chi connectivity index (χ4n) is 6.84. The summed E-state index contributed by atoms with van der Waals surface area (Å²) in [6.07, 6.45) is 8.36. The first-order chi connectivity index (χ1) is 23.0. The monoisotopic (exact) mass is 623 g/mol. The Kier molecular flexibility index (Phi) is 7.03. The van der Waals surface area contributed by atoms with E-state index >= 15 is 0 Å². The molecular formula is C35H30FN11. The molecule has 8 rings (SSSR count). The molecule has 232 valence electrons. The van der Waals surface area contributed by atoms with Gasteiger partial charge in [0.05, 0.1) is 23.8 Å². The Hall–Kier alpha value is -5.80. The smallest absolute Gasteiger partial charge is 0.234 e. The number of likely N-dealkylation sites (tertiary alicyclic amines) is 1. The van der Waals surface area contributed by atoms with E-state index in [1.807, 2.05) is 34.9 Å². The SMILES string of the molecule is N#Cc1nccc(N2CCC3(CC2)CN(Cc2ccc(-n4c(-c5cccnc5N)cc5ncc(-c6ccc(F)cn6)nc54)cc2)C3)n1. The highest BCUT2D eigenvalue weighted by atomic mass is 19.1. The van der Waals surface area contributed by atoms with E-state index in [0.29, 0.717) is 33.8 Å². The predicted octanol–water partition coefficient (Wildman–Crippen LogP) is 5.03. The van der Waals surface area contributed by atoms with E-state index in [1.165, 1.54) is 17.8 Å². The lowest BCUT2D eigenvalue weighted by Crippen LogP contribution is -2.59. The summed E-state index contributed by atoms with van der Waals surface area (Å²) in [7, 11) is 0. The molecule has 2 fully saturated rings. The minimum absolute atomic E-state index is 0.214. The highest BCUT2D eigenvalue weighted by Crippen LogP contribution is 2.42. The third-order valence-corrected chi connectivity index (χ3v) is 9.22. The van der Waals surface area contributed by atoms with E-state index < -0.39 is 5.82 Å². The molecule has 1 aromatic carbocycles. The molecule has 6 aromatic rings. The fourth-order valence-corrected chi connectivity index (χ4v) is 6.84. The number of rotatable bonds is 6. The van der Waals surface area contributed by atoms with Gasteiger partial charge in [-0.2, -0.15) is 5.26 Å². The molecule has 11 nitrogen and oxygen atoms in total. The summed E-state index contributed by atoms with van der Waals surface area (Å²) < 4.78 is 15.6. The number of fused-ring (bicyclic) bond motifs is 1. The molecule has 0 unspecified atom stereocenters. The van der Waals surface area contributed by atoms with Gasteiger partial charge in [0.25, 0.3) is 0 Å². The lowest BCUT2D eigenvalue weighted by Gasteiger charge is -2.54. The Balaban J connectivity index is 1.02. The molecule has 0 saturated carbocycles. The van der Waals surface area contributed by atoms with Gasteiger partial charge in [0.15, 0.2) is 5.65 Å². The molecule has 0 amide bonds. The van der Waals surface area contributed by atoms with Gasteiger partial charge in [0, 0.05) is 56.4 Å². The lowest BCUT2D eigenvalue weighted by atomic mass is 9.72. The van der Waals surface area contributed by atoms with Crippen LogP contribution >= 0.6 is 0 Å². The van der Waals surface area contributed by atoms with E-state index in [1.54, 1.807) is 24.7 Å². The molecule has 0 bridgehead atoms. The summed E-state index contributed by atoms with van der Waals surface area (Å²) in [6.45, 7) is 4.87. The highest BCUT2D eigenvalue weighted by molar-refractivity contribution is 5.87. The van der Waals surface area contributed by atoms with Gasteiger partial charge in [-0.3, -0.25) is 19.4 Å². The number of nitrogen functional groups attached to an aromatic ring is 1. The van der Waals surface area contributed by atoms with Crippen LogP contribution in [0.2, 0.25) is 0 Å². The van der Waals surface area contributed by atoms with Crippen molar-refractivity contribution < 1.29 is 4.39 Å². The molecule has 2 N–H and O–H groups in total. The molecule has 2 aliphatic rings. The maximum atomic E-state index is 13.6. The Bertz CT molecular complexity index is 2120. The van der Waals surface area contributed by atoms with Gasteiger partial charge in [0.2, 0.25) is 5.82 Å². The van der Waals surface area contributed by atoms with E-state index in [4.69, 9.17) is 16.0 Å². The van der Waals surface area contributed by atoms with Crippen molar-refractivity contribution in [2.45, 2.75) is 19.4 Å². The molecule has 47 heavy (non-hydrogen) atoms. The van der Waals surface area contributed by atoms with E-state index in [-0.39, 0.29) is 5.82 Å². The van der Waals surface area contributed by atoms with Gasteiger partial charge in [-0.25, -0.2) is 24.3 Å². The molecule has 0 radical (unpaired) electrons. The van der Waals surface area contributed by atoms with Crippen molar-refractivity contribution in [2.24, 2.45) is 5.41 Å². The quantitative estimate of drug-likeness (QED) is 0.269. The first-order valence-electron chi connectivity index (χ1n) is 15.5. The molecule has 12 heteroatoms. The Morgan fingerprint density at radius 1 is 0.872 bits per heavy atom. The third-order valence-electron chi connectivity index (χ3n) is 9.22. The molecular weight excluding hydrogens is 593 g/mol. The van der Waals surface area contributed by atoms with Crippen LogP contribution in [0, 0.1) is 22.6 Å². The summed E-state index contributed by atoms with van der Waals surface area (Å²) in [4.78, 5) is 31.3. The van der Waals surface area contributed by atoms with Crippen molar-refractivity contribution in [3.05, 3.63) is 103 Å². The Morgan fingerprint density at radius 2 is 1.70 bits per heavy atom. The summed E-state index contributed by atoms with van der Waals surface area (Å²) >= 11 is 0. The largest absolute Gasteiger partial charge is 0.383 e. The number of hydrogen-bond acceptors (Lipinski definition) is 10. The minimum atomic E-state index is -0.408. The number of piperidine rings is 1. The van der Waals surface area contributed by atoms with Crippen LogP contribution in [0.25, 0.3) is 39.5 Å². The second-order valence-corrected chi connectivity index (χ2v) is 12.3. The van der Waals surface area contributed by atoms with Crippen molar-refractivity contribution in [2.75, 3.05) is 36.8 Å². The van der Waals surface area contributed by atoms with Gasteiger partial charge in [-0.15, -0.1) is 0 Å². The van der Waals surface area contributed by atoms with Crippen LogP contribution in [0.3, 0.4) is 0 Å². The normalized spacial score (nSPS) is 15.9. The summed E-state index contributed by atoms with van der Waals surface area (Å²) in [5.41, 5.74) is 12.8. The topological polar surface area (TPSA) is 139 Å². The number of aromatic nitrogens is 7. The van der Waals surface area contributed by atoms with Crippen molar-refractivity contribution in [3.63, 3.8) is 0 Å². The summed E-state index contributed by atoms with van der Waals surface area (Å²) in [5, 5.41) is 9.15. The van der Waals surface area contributed by atoms with Crippen LogP contribution in [-0.4, -0.2) is 65.5 Å². The zero-order valence-electron chi connectivity index (χ0n) is 25.5. The van der Waals surface area contributed by atoms with Crippen LogP contribution in [0.1, 0.15) is 24.2 Å². The Morgan fingerprint density at radius 3 is 2.45 bits per heavy atom. The standard InChI is InChI=1S/C35H30FN11/c36-24-5-8-27(41-18-24)29-19-42-28-16-30(26-2-1-12-40-33(26)38)47(34(28)43-29)25-6-3-23(4-7-25)20-45-21-35(22-45)10-14-46(15-11-35)32-9-13-39-31(17-37)44-32/h1-9,12-13,16,18-19H,10-11,14-15,20-22H2,(H2,38,40). The molecule has 2 aliphatic heterocycles. The molecule has 0 aliphatic carbocycles. The molecule has 2 saturated heterocycles. The highest BCUT2D eigenvalue weighted by Gasteiger charge is 2.44. The minimum Gasteiger partial charge on any atom is -0.383 e. The first kappa shape index (κ1) is 28.7. The van der Waals surface area contributed by atoms with Gasteiger partial charge < -0.3 is 10.6 Å². The van der Waals surface area contributed by atoms with Gasteiger partial charge >= 0.3 is 0 Å². The van der Waals surface area contributed by atoms with Gasteiger partial charge in [-0.05, 0) is 72.4 Å². The molecule has 1 spiro atoms. The molecule has 5 aromatic heterocycles. The van der Waals surface area contributed by atoms with Crippen LogP contribution < -0.4 is 10.6 Å². The van der Waals surface area contributed by atoms with Crippen molar-refractivity contribution in [1.82, 2.24) is 39.4 Å². The van der Waals surface area contributed by atoms with Crippen LogP contribution in [0.4, 0.5) is 16.0 Å². The summed E-state index contributed by atoms with van der Waals surface area (Å²) in [6, 6.07) is 21.1. The van der Waals surface area contributed by atoms with E-state index in [2.05, 4.69) is 59.0 Å². The van der Waals surface area contributed by atoms with E-state index in [0.717, 1.165) is 68.3 Å². The molecule has 0 atom stereocenters. The van der Waals surface area contributed by atoms with Crippen LogP contribution in [-0.2, 0) is 6.54 Å². The maximum Gasteiger partial charge on any atom is 0.234 e. The summed E-state index contributed by atoms with van der Waals surface area (Å²) in [5.74, 6) is 1.05. The van der Waals surface area contributed by atoms with E-state index in [9.17, 15) is 4.39 Å². The fraction of sp³-hybridized carbons (Fsp3) is 0.229. The second kappa shape index (κ2) is 11.5. The number of pyridine rings is 2. The van der Waals surface area contributed by atoms with Crippen molar-refractivity contribution >= 4 is 22.8 Å². The average Bonchev–Trinajstić information content (AvgIpc) is 3.47. The Labute approximate surface area is 270 Å². The van der Waals surface area contributed by atoms with Crippen molar-refractivity contribution in [3.8, 4) is 34.4 Å². The average molecular weight is 624 g/mol. The van der Waals surface area contributed by atoms with Gasteiger partial charge in [0.1, 0.15) is 34.7 Å². The van der Waals surface area contributed by atoms with Crippen LogP contribution in [0.5, 0.6) is 0 Å². The number of hydrogen-bond donors (Lipinski definition) is 1. The number of nitrogens with zero attached hydrogens (tertiary/aromatic N) is 10. The van der Waals surface area contributed by atoms with Gasteiger partial charge in [-0.1, -0.05) is 12.1 Å². The lowest BCUT2D eigenvalue weighted by molar-refractivity contribution is -0.0240. The number of benzene rings is 1. The second-order valence-electron chi connectivity index (χ2n) is 12.3. The molecule has 7 heterocycles. The third kappa shape index (κ3) is 5.40. The van der Waals surface area contributed by atoms with Crippen LogP contribution in [0.15, 0.2) is 85.5 Å². The zero-order valence-corrected chi connectivity index (χ0v) is 25.5. The maximum absolute atomic E-state index is 13.6. The zero-order chi connectivity index (χ0) is 32.0. The van der Waals surface area contributed by atoms with Crippen molar-refractivity contribution in [1.29, 1.82) is 5.26 Å². The number of anilines is 2. The predicted molar refractivity (Wildman–Crippen MR) is 176 cm³/mol. The number of nitrogens with two attached hydrogens (primary N) is 1.